The normalized spacial score (nSPS) is 41.7. The molecule has 10 heavy (non-hydrogen) atoms. The van der Waals surface area contributed by atoms with Gasteiger partial charge in [0.15, 0.2) is 0 Å². The van der Waals surface area contributed by atoms with E-state index in [0.717, 1.165) is 12.0 Å². The minimum absolute atomic E-state index is 0.865. The zero-order valence-electron chi connectivity index (χ0n) is 6.64. The largest absolute Gasteiger partial charge is 0.314 e. The van der Waals surface area contributed by atoms with E-state index in [-0.39, 0.29) is 0 Å². The Bertz CT molecular complexity index is 110. The summed E-state index contributed by atoms with van der Waals surface area (Å²) in [7, 11) is 0. The van der Waals surface area contributed by atoms with Crippen molar-refractivity contribution in [2.75, 3.05) is 26.2 Å². The Morgan fingerprint density at radius 2 is 2.40 bits per heavy atom. The molecule has 2 atom stereocenters. The molecule has 2 nitrogen and oxygen atoms in total. The second kappa shape index (κ2) is 2.51. The van der Waals surface area contributed by atoms with Gasteiger partial charge >= 0.3 is 0 Å². The molecule has 0 aromatic carbocycles. The monoisotopic (exact) mass is 140 g/mol. The van der Waals surface area contributed by atoms with Crippen molar-refractivity contribution >= 4 is 0 Å². The summed E-state index contributed by atoms with van der Waals surface area (Å²) in [6.07, 6.45) is 1.41. The first-order valence-corrected chi connectivity index (χ1v) is 4.31. The predicted molar refractivity (Wildman–Crippen MR) is 42.0 cm³/mol. The molecule has 2 aliphatic rings. The van der Waals surface area contributed by atoms with E-state index in [1.54, 1.807) is 0 Å². The summed E-state index contributed by atoms with van der Waals surface area (Å²) in [6, 6.07) is 0.865. The smallest absolute Gasteiger partial charge is 0.0224 e. The highest BCUT2D eigenvalue weighted by Gasteiger charge is 2.30. The number of hydrogen-bond acceptors (Lipinski definition) is 2. The van der Waals surface area contributed by atoms with Crippen LogP contribution in [0.1, 0.15) is 13.3 Å². The zero-order chi connectivity index (χ0) is 6.97. The first kappa shape index (κ1) is 6.62. The van der Waals surface area contributed by atoms with Gasteiger partial charge in [-0.1, -0.05) is 6.92 Å². The summed E-state index contributed by atoms with van der Waals surface area (Å²) in [5.41, 5.74) is 0. The van der Waals surface area contributed by atoms with Gasteiger partial charge in [-0.15, -0.1) is 0 Å². The Morgan fingerprint density at radius 3 is 3.20 bits per heavy atom. The molecule has 2 saturated heterocycles. The van der Waals surface area contributed by atoms with E-state index in [0.29, 0.717) is 0 Å². The van der Waals surface area contributed by atoms with Crippen molar-refractivity contribution in [1.29, 1.82) is 0 Å². The quantitative estimate of drug-likeness (QED) is 0.520. The molecule has 0 spiro atoms. The second-order valence-electron chi connectivity index (χ2n) is 3.69. The summed E-state index contributed by atoms with van der Waals surface area (Å²) >= 11 is 0. The van der Waals surface area contributed by atoms with Crippen LogP contribution in [0.15, 0.2) is 0 Å². The average molecular weight is 140 g/mol. The van der Waals surface area contributed by atoms with Gasteiger partial charge in [-0.2, -0.15) is 0 Å². The van der Waals surface area contributed by atoms with Gasteiger partial charge in [0, 0.05) is 32.2 Å². The number of piperazine rings is 1. The maximum atomic E-state index is 3.44. The van der Waals surface area contributed by atoms with Gasteiger partial charge in [0.2, 0.25) is 0 Å². The Morgan fingerprint density at radius 1 is 1.50 bits per heavy atom. The zero-order valence-corrected chi connectivity index (χ0v) is 6.64. The summed E-state index contributed by atoms with van der Waals surface area (Å²) < 4.78 is 0. The molecule has 0 radical (unpaired) electrons. The number of rotatable bonds is 0. The molecule has 0 aromatic heterocycles. The van der Waals surface area contributed by atoms with Gasteiger partial charge in [0.25, 0.3) is 0 Å². The molecular weight excluding hydrogens is 124 g/mol. The minimum Gasteiger partial charge on any atom is -0.314 e. The highest BCUT2D eigenvalue weighted by molar-refractivity contribution is 4.87. The van der Waals surface area contributed by atoms with E-state index >= 15 is 0 Å². The molecule has 2 fully saturated rings. The standard InChI is InChI=1S/C8H16N2/c1-7-4-8-5-9-2-3-10(8)6-7/h7-9H,2-6H2,1H3/t7?,8-/m0/s1. The lowest BCUT2D eigenvalue weighted by Gasteiger charge is -2.29. The Hall–Kier alpha value is -0.0800. The number of hydrogen-bond donors (Lipinski definition) is 1. The van der Waals surface area contributed by atoms with Crippen molar-refractivity contribution in [1.82, 2.24) is 10.2 Å². The molecule has 2 rings (SSSR count). The molecule has 58 valence electrons. The Balaban J connectivity index is 1.97. The summed E-state index contributed by atoms with van der Waals surface area (Å²) in [6.45, 7) is 7.40. The minimum atomic E-state index is 0.865. The lowest BCUT2D eigenvalue weighted by molar-refractivity contribution is 0.211. The molecule has 2 heteroatoms. The molecule has 1 N–H and O–H groups in total. The van der Waals surface area contributed by atoms with E-state index in [4.69, 9.17) is 0 Å². The van der Waals surface area contributed by atoms with Gasteiger partial charge in [-0.25, -0.2) is 0 Å². The van der Waals surface area contributed by atoms with Crippen LogP contribution >= 0.6 is 0 Å². The van der Waals surface area contributed by atoms with E-state index < -0.39 is 0 Å². The van der Waals surface area contributed by atoms with Gasteiger partial charge in [-0.3, -0.25) is 4.90 Å². The number of nitrogens with one attached hydrogen (secondary N) is 1. The van der Waals surface area contributed by atoms with Crippen LogP contribution in [-0.4, -0.2) is 37.1 Å². The molecule has 0 aliphatic carbocycles. The van der Waals surface area contributed by atoms with Gasteiger partial charge in [0.1, 0.15) is 0 Å². The fourth-order valence-electron chi connectivity index (χ4n) is 2.22. The summed E-state index contributed by atoms with van der Waals surface area (Å²) in [5, 5.41) is 3.44. The molecule has 2 heterocycles. The SMILES string of the molecule is CC1C[C@H]2CNCCN2C1. The third kappa shape index (κ3) is 1.06. The highest BCUT2D eigenvalue weighted by Crippen LogP contribution is 2.22. The maximum Gasteiger partial charge on any atom is 0.0224 e. The van der Waals surface area contributed by atoms with E-state index in [1.807, 2.05) is 0 Å². The first-order valence-electron chi connectivity index (χ1n) is 4.31. The van der Waals surface area contributed by atoms with E-state index in [2.05, 4.69) is 17.1 Å². The predicted octanol–water partition coefficient (Wildman–Crippen LogP) is 0.300. The fraction of sp³-hybridized carbons (Fsp3) is 1.00. The molecular formula is C8H16N2. The van der Waals surface area contributed by atoms with Crippen molar-refractivity contribution in [2.24, 2.45) is 5.92 Å². The van der Waals surface area contributed by atoms with Crippen molar-refractivity contribution in [3.63, 3.8) is 0 Å². The van der Waals surface area contributed by atoms with Crippen LogP contribution in [0.5, 0.6) is 0 Å². The van der Waals surface area contributed by atoms with E-state index in [1.165, 1.54) is 32.6 Å². The number of nitrogens with zero attached hydrogens (tertiary/aromatic N) is 1. The van der Waals surface area contributed by atoms with Crippen LogP contribution in [-0.2, 0) is 0 Å². The lowest BCUT2D eigenvalue weighted by atomic mass is 10.1. The third-order valence-corrected chi connectivity index (χ3v) is 2.69. The molecule has 0 aromatic rings. The molecule has 0 saturated carbocycles. The Kier molecular flexibility index (Phi) is 1.66. The van der Waals surface area contributed by atoms with Crippen LogP contribution in [0.3, 0.4) is 0 Å². The maximum absolute atomic E-state index is 3.44. The second-order valence-corrected chi connectivity index (χ2v) is 3.69. The summed E-state index contributed by atoms with van der Waals surface area (Å²) in [4.78, 5) is 2.63. The van der Waals surface area contributed by atoms with Crippen molar-refractivity contribution in [2.45, 2.75) is 19.4 Å². The van der Waals surface area contributed by atoms with Gasteiger partial charge in [0.05, 0.1) is 0 Å². The van der Waals surface area contributed by atoms with Crippen molar-refractivity contribution in [3.05, 3.63) is 0 Å². The van der Waals surface area contributed by atoms with Gasteiger partial charge in [-0.05, 0) is 12.3 Å². The Labute approximate surface area is 62.6 Å². The molecule has 1 unspecified atom stereocenters. The van der Waals surface area contributed by atoms with Crippen molar-refractivity contribution in [3.8, 4) is 0 Å². The van der Waals surface area contributed by atoms with Crippen LogP contribution < -0.4 is 5.32 Å². The molecule has 0 amide bonds. The third-order valence-electron chi connectivity index (χ3n) is 2.69. The van der Waals surface area contributed by atoms with Crippen LogP contribution in [0.25, 0.3) is 0 Å². The topological polar surface area (TPSA) is 15.3 Å². The fourth-order valence-corrected chi connectivity index (χ4v) is 2.22. The van der Waals surface area contributed by atoms with Gasteiger partial charge < -0.3 is 5.32 Å². The average Bonchev–Trinajstić information content (AvgIpc) is 2.27. The van der Waals surface area contributed by atoms with Crippen LogP contribution in [0.4, 0.5) is 0 Å². The summed E-state index contributed by atoms with van der Waals surface area (Å²) in [5.74, 6) is 0.935. The van der Waals surface area contributed by atoms with Crippen LogP contribution in [0, 0.1) is 5.92 Å². The van der Waals surface area contributed by atoms with Crippen molar-refractivity contribution < 1.29 is 0 Å². The molecule has 0 bridgehead atoms. The van der Waals surface area contributed by atoms with Crippen LogP contribution in [0.2, 0.25) is 0 Å². The van der Waals surface area contributed by atoms with E-state index in [9.17, 15) is 0 Å². The lowest BCUT2D eigenvalue weighted by Crippen LogP contribution is -2.47. The molecule has 2 aliphatic heterocycles. The number of fused-ring (bicyclic) bond motifs is 1. The first-order chi connectivity index (χ1) is 4.86. The highest BCUT2D eigenvalue weighted by atomic mass is 15.2.